The van der Waals surface area contributed by atoms with Gasteiger partial charge < -0.3 is 21.5 Å². The first-order valence-corrected chi connectivity index (χ1v) is 6.44. The van der Waals surface area contributed by atoms with Gasteiger partial charge in [-0.2, -0.15) is 0 Å². The highest BCUT2D eigenvalue weighted by atomic mass is 16.4. The molecule has 3 amide bonds. The molecule has 1 aliphatic carbocycles. The van der Waals surface area contributed by atoms with E-state index in [0.29, 0.717) is 18.4 Å². The maximum atomic E-state index is 11.5. The lowest BCUT2D eigenvalue weighted by Crippen LogP contribution is -2.48. The van der Waals surface area contributed by atoms with Crippen molar-refractivity contribution in [2.75, 3.05) is 6.54 Å². The van der Waals surface area contributed by atoms with Gasteiger partial charge in [0, 0.05) is 6.54 Å². The Morgan fingerprint density at radius 3 is 2.53 bits per heavy atom. The van der Waals surface area contributed by atoms with Crippen molar-refractivity contribution >= 4 is 17.9 Å². The monoisotopic (exact) mass is 271 g/mol. The lowest BCUT2D eigenvalue weighted by Gasteiger charge is -2.15. The van der Waals surface area contributed by atoms with Gasteiger partial charge in [-0.05, 0) is 24.7 Å². The summed E-state index contributed by atoms with van der Waals surface area (Å²) in [5, 5.41) is 13.7. The predicted molar refractivity (Wildman–Crippen MR) is 68.3 cm³/mol. The highest BCUT2D eigenvalue weighted by Crippen LogP contribution is 2.29. The van der Waals surface area contributed by atoms with Crippen LogP contribution in [0.5, 0.6) is 0 Å². The van der Waals surface area contributed by atoms with Crippen molar-refractivity contribution in [2.45, 2.75) is 38.6 Å². The number of rotatable bonds is 6. The van der Waals surface area contributed by atoms with Gasteiger partial charge in [0.2, 0.25) is 5.91 Å². The SMILES string of the molecule is CC1CCC(CNC(=O)NC(CC(N)=O)C(=O)O)C1. The molecule has 0 aromatic heterocycles. The molecule has 1 fully saturated rings. The van der Waals surface area contributed by atoms with E-state index in [1.807, 2.05) is 0 Å². The largest absolute Gasteiger partial charge is 0.480 e. The van der Waals surface area contributed by atoms with E-state index >= 15 is 0 Å². The van der Waals surface area contributed by atoms with Gasteiger partial charge in [0.25, 0.3) is 0 Å². The van der Waals surface area contributed by atoms with E-state index in [2.05, 4.69) is 17.6 Å². The number of aliphatic carboxylic acids is 1. The summed E-state index contributed by atoms with van der Waals surface area (Å²) >= 11 is 0. The van der Waals surface area contributed by atoms with E-state index in [9.17, 15) is 14.4 Å². The van der Waals surface area contributed by atoms with Crippen molar-refractivity contribution < 1.29 is 19.5 Å². The fourth-order valence-electron chi connectivity index (χ4n) is 2.36. The first-order valence-electron chi connectivity index (χ1n) is 6.44. The van der Waals surface area contributed by atoms with E-state index < -0.39 is 30.4 Å². The Balaban J connectivity index is 2.32. The Morgan fingerprint density at radius 1 is 1.37 bits per heavy atom. The molecule has 0 aromatic rings. The number of carbonyl (C=O) groups excluding carboxylic acids is 2. The van der Waals surface area contributed by atoms with Crippen LogP contribution in [0.2, 0.25) is 0 Å². The summed E-state index contributed by atoms with van der Waals surface area (Å²) in [7, 11) is 0. The van der Waals surface area contributed by atoms with Crippen molar-refractivity contribution in [1.29, 1.82) is 0 Å². The second-order valence-electron chi connectivity index (χ2n) is 5.20. The van der Waals surface area contributed by atoms with Crippen molar-refractivity contribution in [3.8, 4) is 0 Å². The zero-order chi connectivity index (χ0) is 14.4. The average molecular weight is 271 g/mol. The third kappa shape index (κ3) is 5.58. The fraction of sp³-hybridized carbons (Fsp3) is 0.750. The molecule has 0 spiro atoms. The van der Waals surface area contributed by atoms with Crippen LogP contribution in [0.3, 0.4) is 0 Å². The molecular weight excluding hydrogens is 250 g/mol. The van der Waals surface area contributed by atoms with Crippen LogP contribution in [0.1, 0.15) is 32.6 Å². The summed E-state index contributed by atoms with van der Waals surface area (Å²) in [6, 6.07) is -1.85. The Labute approximate surface area is 111 Å². The molecule has 0 aliphatic heterocycles. The van der Waals surface area contributed by atoms with Crippen LogP contribution in [0, 0.1) is 11.8 Å². The molecule has 0 saturated heterocycles. The first kappa shape index (κ1) is 15.3. The highest BCUT2D eigenvalue weighted by molar-refractivity contribution is 5.87. The molecule has 7 heteroatoms. The highest BCUT2D eigenvalue weighted by Gasteiger charge is 2.24. The lowest BCUT2D eigenvalue weighted by molar-refractivity contribution is -0.140. The minimum absolute atomic E-state index is 0.413. The van der Waals surface area contributed by atoms with E-state index in [0.717, 1.165) is 19.3 Å². The van der Waals surface area contributed by atoms with Gasteiger partial charge in [-0.25, -0.2) is 9.59 Å². The molecule has 19 heavy (non-hydrogen) atoms. The number of primary amides is 1. The summed E-state index contributed by atoms with van der Waals surface area (Å²) in [6.07, 6.45) is 2.89. The van der Waals surface area contributed by atoms with Gasteiger partial charge in [0.1, 0.15) is 6.04 Å². The van der Waals surface area contributed by atoms with Gasteiger partial charge in [-0.3, -0.25) is 4.79 Å². The van der Waals surface area contributed by atoms with Gasteiger partial charge in [-0.15, -0.1) is 0 Å². The maximum Gasteiger partial charge on any atom is 0.326 e. The molecule has 0 aromatic carbocycles. The van der Waals surface area contributed by atoms with E-state index in [-0.39, 0.29) is 0 Å². The Hall–Kier alpha value is -1.79. The maximum absolute atomic E-state index is 11.5. The summed E-state index contributed by atoms with van der Waals surface area (Å²) in [6.45, 7) is 2.70. The quantitative estimate of drug-likeness (QED) is 0.545. The number of nitrogens with two attached hydrogens (primary N) is 1. The van der Waals surface area contributed by atoms with Crippen molar-refractivity contribution in [3.05, 3.63) is 0 Å². The van der Waals surface area contributed by atoms with Crippen LogP contribution in [0.25, 0.3) is 0 Å². The smallest absolute Gasteiger partial charge is 0.326 e. The van der Waals surface area contributed by atoms with E-state index in [4.69, 9.17) is 10.8 Å². The van der Waals surface area contributed by atoms with E-state index in [1.54, 1.807) is 0 Å². The molecule has 0 radical (unpaired) electrons. The minimum atomic E-state index is -1.28. The molecule has 5 N–H and O–H groups in total. The third-order valence-electron chi connectivity index (χ3n) is 3.36. The molecule has 3 atom stereocenters. The second kappa shape index (κ2) is 6.96. The number of urea groups is 1. The molecule has 7 nitrogen and oxygen atoms in total. The number of carbonyl (C=O) groups is 3. The Morgan fingerprint density at radius 2 is 2.05 bits per heavy atom. The van der Waals surface area contributed by atoms with Crippen LogP contribution < -0.4 is 16.4 Å². The topological polar surface area (TPSA) is 122 Å². The number of hydrogen-bond donors (Lipinski definition) is 4. The summed E-state index contributed by atoms with van der Waals surface area (Å²) in [5.41, 5.74) is 4.92. The zero-order valence-electron chi connectivity index (χ0n) is 11.0. The molecule has 0 bridgehead atoms. The van der Waals surface area contributed by atoms with Gasteiger partial charge in [0.05, 0.1) is 6.42 Å². The summed E-state index contributed by atoms with van der Waals surface area (Å²) in [4.78, 5) is 33.0. The van der Waals surface area contributed by atoms with E-state index in [1.165, 1.54) is 0 Å². The number of nitrogens with one attached hydrogen (secondary N) is 2. The van der Waals surface area contributed by atoms with Crippen molar-refractivity contribution in [2.24, 2.45) is 17.6 Å². The molecule has 1 aliphatic rings. The molecule has 3 unspecified atom stereocenters. The third-order valence-corrected chi connectivity index (χ3v) is 3.36. The number of amides is 3. The molecule has 0 heterocycles. The minimum Gasteiger partial charge on any atom is -0.480 e. The predicted octanol–water partition coefficient (Wildman–Crippen LogP) is 0.0504. The number of hydrogen-bond acceptors (Lipinski definition) is 3. The van der Waals surface area contributed by atoms with Crippen LogP contribution in [0.4, 0.5) is 4.79 Å². The molecule has 108 valence electrons. The fourth-order valence-corrected chi connectivity index (χ4v) is 2.36. The number of carboxylic acid groups (broad SMARTS) is 1. The Bertz CT molecular complexity index is 359. The van der Waals surface area contributed by atoms with Gasteiger partial charge >= 0.3 is 12.0 Å². The van der Waals surface area contributed by atoms with Crippen LogP contribution >= 0.6 is 0 Å². The van der Waals surface area contributed by atoms with Crippen molar-refractivity contribution in [1.82, 2.24) is 10.6 Å². The van der Waals surface area contributed by atoms with Gasteiger partial charge in [-0.1, -0.05) is 13.3 Å². The number of carboxylic acids is 1. The zero-order valence-corrected chi connectivity index (χ0v) is 11.0. The van der Waals surface area contributed by atoms with Crippen LogP contribution in [0.15, 0.2) is 0 Å². The normalized spacial score (nSPS) is 23.6. The molecular formula is C12H21N3O4. The van der Waals surface area contributed by atoms with Crippen LogP contribution in [-0.2, 0) is 9.59 Å². The lowest BCUT2D eigenvalue weighted by atomic mass is 10.1. The molecule has 1 rings (SSSR count). The van der Waals surface area contributed by atoms with Gasteiger partial charge in [0.15, 0.2) is 0 Å². The average Bonchev–Trinajstić information content (AvgIpc) is 2.71. The first-order chi connectivity index (χ1) is 8.88. The van der Waals surface area contributed by atoms with Crippen LogP contribution in [-0.4, -0.2) is 35.6 Å². The standard InChI is InChI=1S/C12H21N3O4/c1-7-2-3-8(4-7)6-14-12(19)15-9(11(17)18)5-10(13)16/h7-9H,2-6H2,1H3,(H2,13,16)(H,17,18)(H2,14,15,19). The summed E-state index contributed by atoms with van der Waals surface area (Å²) in [5.74, 6) is -0.919. The second-order valence-corrected chi connectivity index (χ2v) is 5.20. The molecule has 1 saturated carbocycles. The Kier molecular flexibility index (Phi) is 5.59. The summed E-state index contributed by atoms with van der Waals surface area (Å²) < 4.78 is 0. The van der Waals surface area contributed by atoms with Crippen molar-refractivity contribution in [3.63, 3.8) is 0 Å².